The zero-order valence-electron chi connectivity index (χ0n) is 13.5. The van der Waals surface area contributed by atoms with Crippen LogP contribution in [0.25, 0.3) is 11.2 Å². The van der Waals surface area contributed by atoms with E-state index in [0.29, 0.717) is 5.52 Å². The van der Waals surface area contributed by atoms with Gasteiger partial charge in [0.05, 0.1) is 12.9 Å². The molecule has 15 heteroatoms. The van der Waals surface area contributed by atoms with Crippen LogP contribution >= 0.6 is 7.82 Å². The van der Waals surface area contributed by atoms with Crippen LogP contribution in [0.2, 0.25) is 0 Å². The van der Waals surface area contributed by atoms with E-state index in [4.69, 9.17) is 20.3 Å². The summed E-state index contributed by atoms with van der Waals surface area (Å²) in [6.07, 6.45) is -2.49. The number of ether oxygens (including phenoxy) is 1. The Labute approximate surface area is 185 Å². The molecule has 0 aliphatic carbocycles. The van der Waals surface area contributed by atoms with Crippen LogP contribution in [0.15, 0.2) is 12.7 Å². The number of imidazole rings is 1. The van der Waals surface area contributed by atoms with E-state index in [-0.39, 0.29) is 70.6 Å². The summed E-state index contributed by atoms with van der Waals surface area (Å²) in [5.74, 6) is 0.142. The van der Waals surface area contributed by atoms with E-state index >= 15 is 0 Å². The molecule has 2 aromatic rings. The molecule has 1 aliphatic heterocycles. The van der Waals surface area contributed by atoms with Crippen LogP contribution in [0.5, 0.6) is 0 Å². The summed E-state index contributed by atoms with van der Waals surface area (Å²) in [5.41, 5.74) is 6.25. The summed E-state index contributed by atoms with van der Waals surface area (Å²) in [5, 5.41) is 20.1. The minimum atomic E-state index is -4.72. The van der Waals surface area contributed by atoms with E-state index in [1.54, 1.807) is 0 Å². The maximum Gasteiger partial charge on any atom is 1.00 e. The van der Waals surface area contributed by atoms with Crippen molar-refractivity contribution < 1.29 is 92.9 Å². The Bertz CT molecular complexity index is 773. The number of hydrogen-bond donors (Lipinski definition) is 5. The first-order chi connectivity index (χ1) is 10.8. The van der Waals surface area contributed by atoms with Crippen molar-refractivity contribution in [2.24, 2.45) is 0 Å². The number of aliphatic hydroxyl groups excluding tert-OH is 2. The molecule has 25 heavy (non-hydrogen) atoms. The molecule has 1 fully saturated rings. The third kappa shape index (κ3) is 4.99. The van der Waals surface area contributed by atoms with E-state index < -0.39 is 39.0 Å². The molecular formula is C10H14N5Na2O7P+2. The van der Waals surface area contributed by atoms with Crippen molar-refractivity contribution in [3.63, 3.8) is 0 Å². The normalized spacial score (nSPS) is 26.2. The van der Waals surface area contributed by atoms with Gasteiger partial charge in [-0.2, -0.15) is 0 Å². The molecule has 0 unspecified atom stereocenters. The molecule has 4 atom stereocenters. The summed E-state index contributed by atoms with van der Waals surface area (Å²) < 4.78 is 21.8. The summed E-state index contributed by atoms with van der Waals surface area (Å²) >= 11 is 0. The molecule has 2 aromatic heterocycles. The first kappa shape index (κ1) is 23.4. The van der Waals surface area contributed by atoms with Crippen LogP contribution in [-0.2, 0) is 13.8 Å². The van der Waals surface area contributed by atoms with Gasteiger partial charge in [-0.15, -0.1) is 0 Å². The Morgan fingerprint density at radius 2 is 1.92 bits per heavy atom. The van der Waals surface area contributed by atoms with Crippen LogP contribution < -0.4 is 64.8 Å². The molecule has 0 saturated carbocycles. The summed E-state index contributed by atoms with van der Waals surface area (Å²) in [4.78, 5) is 29.2. The summed E-state index contributed by atoms with van der Waals surface area (Å²) in [7, 11) is -4.72. The number of fused-ring (bicyclic) bond motifs is 1. The largest absolute Gasteiger partial charge is 1.00 e. The molecule has 0 aromatic carbocycles. The summed E-state index contributed by atoms with van der Waals surface area (Å²) in [6.45, 7) is -0.594. The predicted octanol–water partition coefficient (Wildman–Crippen LogP) is -7.85. The Morgan fingerprint density at radius 1 is 1.24 bits per heavy atom. The number of hydrogen-bond acceptors (Lipinski definition) is 9. The number of nitrogens with zero attached hydrogens (tertiary/aromatic N) is 4. The van der Waals surface area contributed by atoms with E-state index in [9.17, 15) is 14.8 Å². The molecule has 6 N–H and O–H groups in total. The second-order valence-corrected chi connectivity index (χ2v) is 6.15. The van der Waals surface area contributed by atoms with Crippen molar-refractivity contribution in [1.82, 2.24) is 19.5 Å². The molecule has 1 saturated heterocycles. The Morgan fingerprint density at radius 3 is 2.56 bits per heavy atom. The van der Waals surface area contributed by atoms with Crippen molar-refractivity contribution in [2.45, 2.75) is 24.5 Å². The molecule has 0 bridgehead atoms. The molecule has 0 amide bonds. The van der Waals surface area contributed by atoms with E-state index in [0.717, 1.165) is 0 Å². The van der Waals surface area contributed by atoms with Gasteiger partial charge in [0.2, 0.25) is 0 Å². The van der Waals surface area contributed by atoms with E-state index in [2.05, 4.69) is 19.5 Å². The zero-order valence-corrected chi connectivity index (χ0v) is 18.4. The quantitative estimate of drug-likeness (QED) is 0.245. The topological polar surface area (TPSA) is 186 Å². The second-order valence-electron chi connectivity index (χ2n) is 4.92. The minimum absolute atomic E-state index is 0. The van der Waals surface area contributed by atoms with Gasteiger partial charge in [-0.3, -0.25) is 9.09 Å². The van der Waals surface area contributed by atoms with Crippen LogP contribution in [0.1, 0.15) is 6.23 Å². The smallest absolute Gasteiger partial charge is 0.387 e. The molecule has 12 nitrogen and oxygen atoms in total. The predicted molar refractivity (Wildman–Crippen MR) is 73.7 cm³/mol. The van der Waals surface area contributed by atoms with Crippen LogP contribution in [0.4, 0.5) is 5.82 Å². The molecule has 0 spiro atoms. The number of aromatic nitrogens is 4. The number of nitrogen functional groups attached to an aromatic ring is 1. The number of phosphoric ester groups is 1. The Balaban J connectivity index is 0.00000156. The molecule has 126 valence electrons. The van der Waals surface area contributed by atoms with Gasteiger partial charge in [-0.25, -0.2) is 19.5 Å². The van der Waals surface area contributed by atoms with Crippen molar-refractivity contribution >= 4 is 24.8 Å². The standard InChI is InChI=1S/C10H14N5O7P.2Na/c11-8-5-9(13-2-12-8)15(3-14-5)10-7(17)6(16)4(22-10)1-21-23(18,19)20;;/h2-4,6-7,10,16-17H,1H2,(H2,11,12,13)(H2,18,19,20);;/q;2*+1/t4-,6-,7+,10-;;/m1../s1. The van der Waals surface area contributed by atoms with Gasteiger partial charge in [0.1, 0.15) is 30.2 Å². The average molecular weight is 393 g/mol. The first-order valence-electron chi connectivity index (χ1n) is 6.42. The van der Waals surface area contributed by atoms with Gasteiger partial charge in [-0.05, 0) is 0 Å². The maximum absolute atomic E-state index is 10.7. The van der Waals surface area contributed by atoms with Crippen molar-refractivity contribution in [3.05, 3.63) is 12.7 Å². The van der Waals surface area contributed by atoms with E-state index in [1.165, 1.54) is 17.2 Å². The summed E-state index contributed by atoms with van der Waals surface area (Å²) in [6, 6.07) is 0. The third-order valence-electron chi connectivity index (χ3n) is 3.41. The monoisotopic (exact) mass is 393 g/mol. The van der Waals surface area contributed by atoms with Gasteiger partial charge >= 0.3 is 66.9 Å². The van der Waals surface area contributed by atoms with Gasteiger partial charge in [0.25, 0.3) is 0 Å². The Hall–Kier alpha value is 0.340. The molecular weight excluding hydrogens is 379 g/mol. The minimum Gasteiger partial charge on any atom is -0.387 e. The van der Waals surface area contributed by atoms with Crippen LogP contribution in [-0.4, -0.2) is 64.4 Å². The van der Waals surface area contributed by atoms with Crippen molar-refractivity contribution in [1.29, 1.82) is 0 Å². The van der Waals surface area contributed by atoms with Gasteiger partial charge < -0.3 is 30.5 Å². The zero-order chi connectivity index (χ0) is 16.8. The van der Waals surface area contributed by atoms with Crippen molar-refractivity contribution in [2.75, 3.05) is 12.3 Å². The molecule has 1 aliphatic rings. The number of aliphatic hydroxyl groups is 2. The molecule has 0 radical (unpaired) electrons. The van der Waals surface area contributed by atoms with Crippen LogP contribution in [0.3, 0.4) is 0 Å². The fourth-order valence-corrected chi connectivity index (χ4v) is 2.66. The van der Waals surface area contributed by atoms with Gasteiger partial charge in [0.15, 0.2) is 17.7 Å². The average Bonchev–Trinajstić information content (AvgIpc) is 3.01. The van der Waals surface area contributed by atoms with Crippen molar-refractivity contribution in [3.8, 4) is 0 Å². The number of anilines is 1. The fourth-order valence-electron chi connectivity index (χ4n) is 2.32. The Kier molecular flexibility index (Phi) is 8.44. The van der Waals surface area contributed by atoms with E-state index in [1.807, 2.05) is 0 Å². The number of rotatable bonds is 4. The van der Waals surface area contributed by atoms with Crippen LogP contribution in [0, 0.1) is 0 Å². The first-order valence-corrected chi connectivity index (χ1v) is 7.95. The molecule has 3 rings (SSSR count). The SMILES string of the molecule is Nc1ncnc2c1ncn2[C@@H]1O[C@H](COP(=O)(O)O)[C@@H](O)[C@@H]1O.[Na+].[Na+]. The fraction of sp³-hybridized carbons (Fsp3) is 0.500. The number of phosphoric acid groups is 1. The van der Waals surface area contributed by atoms with Gasteiger partial charge in [0, 0.05) is 0 Å². The maximum atomic E-state index is 10.7. The third-order valence-corrected chi connectivity index (χ3v) is 3.89. The molecule has 3 heterocycles. The van der Waals surface area contributed by atoms with Gasteiger partial charge in [-0.1, -0.05) is 0 Å². The second kappa shape index (κ2) is 9.02. The number of nitrogens with two attached hydrogens (primary N) is 1.